The number of hydrogen-bond acceptors (Lipinski definition) is 5. The second-order valence-electron chi connectivity index (χ2n) is 7.55. The van der Waals surface area contributed by atoms with E-state index >= 15 is 0 Å². The first-order valence-electron chi connectivity index (χ1n) is 10.4. The first-order valence-corrected chi connectivity index (χ1v) is 10.4. The van der Waals surface area contributed by atoms with E-state index in [9.17, 15) is 4.79 Å². The largest absolute Gasteiger partial charge is 0.497 e. The van der Waals surface area contributed by atoms with Crippen LogP contribution in [0.25, 0.3) is 11.3 Å². The third-order valence-corrected chi connectivity index (χ3v) is 5.47. The summed E-state index contributed by atoms with van der Waals surface area (Å²) < 4.78 is 12.6. The maximum Gasteiger partial charge on any atom is 0.319 e. The van der Waals surface area contributed by atoms with E-state index in [2.05, 4.69) is 20.3 Å². The van der Waals surface area contributed by atoms with Crippen molar-refractivity contribution in [2.75, 3.05) is 19.5 Å². The van der Waals surface area contributed by atoms with Crippen LogP contribution < -0.4 is 20.1 Å². The number of nitrogens with zero attached hydrogens (tertiary/aromatic N) is 3. The van der Waals surface area contributed by atoms with E-state index in [-0.39, 0.29) is 6.03 Å². The van der Waals surface area contributed by atoms with Gasteiger partial charge < -0.3 is 20.1 Å². The van der Waals surface area contributed by atoms with Crippen molar-refractivity contribution in [3.05, 3.63) is 54.5 Å². The van der Waals surface area contributed by atoms with E-state index in [0.717, 1.165) is 29.8 Å². The Kier molecular flexibility index (Phi) is 6.35. The lowest BCUT2D eigenvalue weighted by atomic mass is 10.1. The van der Waals surface area contributed by atoms with E-state index in [1.54, 1.807) is 44.8 Å². The summed E-state index contributed by atoms with van der Waals surface area (Å²) in [5.41, 5.74) is 3.54. The molecule has 0 bridgehead atoms. The molecule has 1 fully saturated rings. The number of carbonyl (C=O) groups excluding carboxylic acids is 1. The number of anilines is 1. The third kappa shape index (κ3) is 4.96. The molecule has 0 atom stereocenters. The molecule has 2 amide bonds. The minimum absolute atomic E-state index is 0.323. The molecule has 1 aliphatic carbocycles. The van der Waals surface area contributed by atoms with Gasteiger partial charge in [0.1, 0.15) is 11.5 Å². The van der Waals surface area contributed by atoms with Crippen molar-refractivity contribution in [1.82, 2.24) is 20.1 Å². The molecule has 31 heavy (non-hydrogen) atoms. The van der Waals surface area contributed by atoms with Crippen molar-refractivity contribution < 1.29 is 14.3 Å². The Labute approximate surface area is 181 Å². The van der Waals surface area contributed by atoms with E-state index in [0.29, 0.717) is 29.8 Å². The molecule has 0 aliphatic heterocycles. The quantitative estimate of drug-likeness (QED) is 0.590. The van der Waals surface area contributed by atoms with E-state index in [1.807, 2.05) is 18.2 Å². The van der Waals surface area contributed by atoms with Gasteiger partial charge >= 0.3 is 6.03 Å². The number of hydrogen-bond donors (Lipinski definition) is 2. The normalized spacial score (nSPS) is 13.7. The molecule has 0 radical (unpaired) electrons. The summed E-state index contributed by atoms with van der Waals surface area (Å²) in [6, 6.07) is 11.3. The fourth-order valence-electron chi connectivity index (χ4n) is 3.92. The number of amides is 2. The van der Waals surface area contributed by atoms with Crippen LogP contribution in [-0.4, -0.2) is 35.0 Å². The number of benzene rings is 1. The van der Waals surface area contributed by atoms with Crippen LogP contribution in [0.5, 0.6) is 11.5 Å². The Morgan fingerprint density at radius 3 is 2.39 bits per heavy atom. The lowest BCUT2D eigenvalue weighted by Gasteiger charge is -2.14. The highest BCUT2D eigenvalue weighted by molar-refractivity contribution is 5.89. The Morgan fingerprint density at radius 2 is 1.74 bits per heavy atom. The Balaban J connectivity index is 1.46. The van der Waals surface area contributed by atoms with Crippen molar-refractivity contribution in [1.29, 1.82) is 0 Å². The number of rotatable bonds is 7. The Bertz CT molecular complexity index is 1010. The number of aromatic nitrogens is 3. The molecule has 162 valence electrons. The van der Waals surface area contributed by atoms with Crippen LogP contribution in [-0.2, 0) is 6.54 Å². The number of ether oxygens (including phenoxy) is 2. The topological polar surface area (TPSA) is 90.3 Å². The van der Waals surface area contributed by atoms with Crippen molar-refractivity contribution in [2.45, 2.75) is 38.3 Å². The van der Waals surface area contributed by atoms with Crippen LogP contribution in [0.15, 0.2) is 48.8 Å². The lowest BCUT2D eigenvalue weighted by molar-refractivity contribution is 0.251. The van der Waals surface area contributed by atoms with E-state index in [4.69, 9.17) is 14.6 Å². The zero-order valence-electron chi connectivity index (χ0n) is 17.8. The maximum absolute atomic E-state index is 12.5. The average Bonchev–Trinajstić information content (AvgIpc) is 3.48. The summed E-state index contributed by atoms with van der Waals surface area (Å²) >= 11 is 0. The van der Waals surface area contributed by atoms with Gasteiger partial charge in [0.15, 0.2) is 0 Å². The molecule has 0 unspecified atom stereocenters. The number of methoxy groups -OCH3 is 2. The van der Waals surface area contributed by atoms with Gasteiger partial charge in [-0.25, -0.2) is 4.79 Å². The van der Waals surface area contributed by atoms with Crippen LogP contribution >= 0.6 is 0 Å². The first-order chi connectivity index (χ1) is 15.2. The summed E-state index contributed by atoms with van der Waals surface area (Å²) in [6.07, 6.45) is 8.28. The summed E-state index contributed by atoms with van der Waals surface area (Å²) in [6.45, 7) is 0.324. The molecule has 0 spiro atoms. The van der Waals surface area contributed by atoms with Gasteiger partial charge in [-0.15, -0.1) is 0 Å². The summed E-state index contributed by atoms with van der Waals surface area (Å²) in [4.78, 5) is 16.6. The summed E-state index contributed by atoms with van der Waals surface area (Å²) in [5, 5.41) is 10.5. The number of urea groups is 1. The number of pyridine rings is 1. The van der Waals surface area contributed by atoms with Gasteiger partial charge in [0.2, 0.25) is 0 Å². The monoisotopic (exact) mass is 421 g/mol. The molecule has 3 aromatic rings. The van der Waals surface area contributed by atoms with Crippen LogP contribution in [0.3, 0.4) is 0 Å². The second-order valence-corrected chi connectivity index (χ2v) is 7.55. The average molecular weight is 422 g/mol. The predicted molar refractivity (Wildman–Crippen MR) is 118 cm³/mol. The number of carbonyl (C=O) groups is 1. The predicted octanol–water partition coefficient (Wildman–Crippen LogP) is 4.40. The van der Waals surface area contributed by atoms with Gasteiger partial charge in [0.25, 0.3) is 0 Å². The molecule has 8 heteroatoms. The lowest BCUT2D eigenvalue weighted by Crippen LogP contribution is -2.28. The van der Waals surface area contributed by atoms with E-state index < -0.39 is 0 Å². The van der Waals surface area contributed by atoms with Crippen molar-refractivity contribution in [2.24, 2.45) is 0 Å². The Hall–Kier alpha value is -3.55. The smallest absolute Gasteiger partial charge is 0.319 e. The van der Waals surface area contributed by atoms with Crippen molar-refractivity contribution in [3.8, 4) is 22.8 Å². The molecule has 0 saturated heterocycles. The molecule has 4 rings (SSSR count). The minimum Gasteiger partial charge on any atom is -0.497 e. The van der Waals surface area contributed by atoms with Gasteiger partial charge in [0, 0.05) is 41.8 Å². The molecule has 2 heterocycles. The summed E-state index contributed by atoms with van der Waals surface area (Å²) in [7, 11) is 3.14. The molecular formula is C23H27N5O3. The van der Waals surface area contributed by atoms with Crippen LogP contribution in [0, 0.1) is 0 Å². The SMILES string of the molecule is COc1cc(NC(=O)NCc2cc(-c3ccncc3)n(C3CCCC3)n2)cc(OC)c1. The van der Waals surface area contributed by atoms with Gasteiger partial charge in [-0.1, -0.05) is 12.8 Å². The number of nitrogens with one attached hydrogen (secondary N) is 2. The first kappa shape index (κ1) is 20.7. The molecule has 8 nitrogen and oxygen atoms in total. The zero-order valence-corrected chi connectivity index (χ0v) is 17.8. The van der Waals surface area contributed by atoms with Crippen LogP contribution in [0.1, 0.15) is 37.4 Å². The molecular weight excluding hydrogens is 394 g/mol. The molecule has 1 aromatic carbocycles. The molecule has 2 aromatic heterocycles. The second kappa shape index (κ2) is 9.51. The van der Waals surface area contributed by atoms with Gasteiger partial charge in [-0.3, -0.25) is 9.67 Å². The zero-order chi connectivity index (χ0) is 21.6. The van der Waals surface area contributed by atoms with Gasteiger partial charge in [-0.2, -0.15) is 5.10 Å². The van der Waals surface area contributed by atoms with Crippen LogP contribution in [0.4, 0.5) is 10.5 Å². The molecule has 1 aliphatic rings. The van der Waals surface area contributed by atoms with Gasteiger partial charge in [0.05, 0.1) is 38.2 Å². The Morgan fingerprint density at radius 1 is 1.06 bits per heavy atom. The highest BCUT2D eigenvalue weighted by Crippen LogP contribution is 2.33. The van der Waals surface area contributed by atoms with Crippen LogP contribution in [0.2, 0.25) is 0 Å². The fraction of sp³-hybridized carbons (Fsp3) is 0.348. The molecule has 2 N–H and O–H groups in total. The summed E-state index contributed by atoms with van der Waals surface area (Å²) in [5.74, 6) is 1.21. The fourth-order valence-corrected chi connectivity index (χ4v) is 3.92. The van der Waals surface area contributed by atoms with Crippen molar-refractivity contribution >= 4 is 11.7 Å². The standard InChI is InChI=1S/C23H27N5O3/c1-30-20-11-17(12-21(14-20)31-2)26-23(29)25-15-18-13-22(16-7-9-24-10-8-16)28(27-18)19-5-3-4-6-19/h7-14,19H,3-6,15H2,1-2H3,(H2,25,26,29). The van der Waals surface area contributed by atoms with Gasteiger partial charge in [-0.05, 0) is 31.0 Å². The highest BCUT2D eigenvalue weighted by Gasteiger charge is 2.22. The van der Waals surface area contributed by atoms with Crippen molar-refractivity contribution in [3.63, 3.8) is 0 Å². The van der Waals surface area contributed by atoms with E-state index in [1.165, 1.54) is 12.8 Å². The third-order valence-electron chi connectivity index (χ3n) is 5.47. The highest BCUT2D eigenvalue weighted by atomic mass is 16.5. The molecule has 1 saturated carbocycles. The maximum atomic E-state index is 12.5. The minimum atomic E-state index is -0.323.